The van der Waals surface area contributed by atoms with Crippen molar-refractivity contribution in [3.05, 3.63) is 63.0 Å². The molecule has 0 bridgehead atoms. The highest BCUT2D eigenvalue weighted by molar-refractivity contribution is 8.18. The third kappa shape index (κ3) is 4.26. The third-order valence-corrected chi connectivity index (χ3v) is 6.35. The van der Waals surface area contributed by atoms with Gasteiger partial charge in [-0.2, -0.15) is 0 Å². The number of carbonyl (C=O) groups is 3. The summed E-state index contributed by atoms with van der Waals surface area (Å²) in [7, 11) is 1.38. The summed E-state index contributed by atoms with van der Waals surface area (Å²) in [5, 5.41) is 10.1. The maximum Gasteiger partial charge on any atom is 0.294 e. The fourth-order valence-corrected chi connectivity index (χ4v) is 4.63. The predicted molar refractivity (Wildman–Crippen MR) is 118 cm³/mol. The maximum absolute atomic E-state index is 12.8. The number of thioether (sulfide) groups is 1. The SMILES string of the molecule is COc1cc(Cl)cc(C=C2SC(=O)N(CC(=O)N3CCc4ccccc4C3)C2=O)c1O. The van der Waals surface area contributed by atoms with Crippen molar-refractivity contribution in [2.24, 2.45) is 0 Å². The molecule has 1 saturated heterocycles. The van der Waals surface area contributed by atoms with Crippen molar-refractivity contribution in [1.82, 2.24) is 9.80 Å². The Morgan fingerprint density at radius 3 is 2.74 bits per heavy atom. The van der Waals surface area contributed by atoms with Crippen molar-refractivity contribution < 1.29 is 24.2 Å². The van der Waals surface area contributed by atoms with Gasteiger partial charge in [0.25, 0.3) is 11.1 Å². The fraction of sp³-hybridized carbons (Fsp3) is 0.227. The van der Waals surface area contributed by atoms with E-state index in [0.717, 1.165) is 16.9 Å². The highest BCUT2D eigenvalue weighted by Gasteiger charge is 2.37. The number of methoxy groups -OCH3 is 1. The lowest BCUT2D eigenvalue weighted by Gasteiger charge is -2.29. The molecule has 9 heteroatoms. The number of halogens is 1. The van der Waals surface area contributed by atoms with Crippen LogP contribution in [0.25, 0.3) is 6.08 Å². The number of hydrogen-bond acceptors (Lipinski definition) is 6. The van der Waals surface area contributed by atoms with E-state index in [1.54, 1.807) is 4.90 Å². The van der Waals surface area contributed by atoms with E-state index in [1.165, 1.54) is 30.9 Å². The Morgan fingerprint density at radius 1 is 1.26 bits per heavy atom. The highest BCUT2D eigenvalue weighted by atomic mass is 35.5. The summed E-state index contributed by atoms with van der Waals surface area (Å²) in [5.41, 5.74) is 2.52. The largest absolute Gasteiger partial charge is 0.504 e. The first-order valence-corrected chi connectivity index (χ1v) is 10.7. The smallest absolute Gasteiger partial charge is 0.294 e. The first-order valence-electron chi connectivity index (χ1n) is 9.54. The van der Waals surface area contributed by atoms with Gasteiger partial charge in [0.1, 0.15) is 6.54 Å². The summed E-state index contributed by atoms with van der Waals surface area (Å²) in [6.45, 7) is 0.671. The molecule has 31 heavy (non-hydrogen) atoms. The van der Waals surface area contributed by atoms with Crippen LogP contribution in [-0.2, 0) is 22.6 Å². The van der Waals surface area contributed by atoms with Gasteiger partial charge in [0.15, 0.2) is 11.5 Å². The Balaban J connectivity index is 1.50. The Kier molecular flexibility index (Phi) is 5.93. The number of carbonyl (C=O) groups excluding carboxylic acids is 3. The van der Waals surface area contributed by atoms with Crippen molar-refractivity contribution in [2.45, 2.75) is 13.0 Å². The van der Waals surface area contributed by atoms with Crippen molar-refractivity contribution in [3.8, 4) is 11.5 Å². The average Bonchev–Trinajstić information content (AvgIpc) is 3.02. The standard InChI is InChI=1S/C22H19ClN2O5S/c1-30-17-10-16(23)8-15(20(17)27)9-18-21(28)25(22(29)31-18)12-19(26)24-7-6-13-4-2-3-5-14(13)11-24/h2-5,8-10,27H,6-7,11-12H2,1H3. The zero-order valence-electron chi connectivity index (χ0n) is 16.6. The quantitative estimate of drug-likeness (QED) is 0.703. The van der Waals surface area contributed by atoms with Gasteiger partial charge in [-0.25, -0.2) is 0 Å². The summed E-state index contributed by atoms with van der Waals surface area (Å²) in [4.78, 5) is 40.7. The Bertz CT molecular complexity index is 1120. The van der Waals surface area contributed by atoms with Crippen molar-refractivity contribution in [2.75, 3.05) is 20.2 Å². The number of benzene rings is 2. The van der Waals surface area contributed by atoms with Gasteiger partial charge in [-0.15, -0.1) is 0 Å². The molecule has 160 valence electrons. The van der Waals surface area contributed by atoms with Crippen LogP contribution < -0.4 is 4.74 Å². The molecular weight excluding hydrogens is 440 g/mol. The van der Waals surface area contributed by atoms with Crippen LogP contribution in [-0.4, -0.2) is 52.2 Å². The molecule has 0 saturated carbocycles. The van der Waals surface area contributed by atoms with Crippen LogP contribution in [0, 0.1) is 0 Å². The highest BCUT2D eigenvalue weighted by Crippen LogP contribution is 2.38. The zero-order valence-corrected chi connectivity index (χ0v) is 18.2. The minimum atomic E-state index is -0.584. The Morgan fingerprint density at radius 2 is 2.00 bits per heavy atom. The van der Waals surface area contributed by atoms with E-state index < -0.39 is 11.1 Å². The van der Waals surface area contributed by atoms with Gasteiger partial charge in [0, 0.05) is 29.7 Å². The van der Waals surface area contributed by atoms with Crippen LogP contribution >= 0.6 is 23.4 Å². The molecule has 3 amide bonds. The molecule has 2 aliphatic heterocycles. The first kappa shape index (κ1) is 21.3. The number of hydrogen-bond donors (Lipinski definition) is 1. The van der Waals surface area contributed by atoms with Gasteiger partial charge in [-0.3, -0.25) is 19.3 Å². The average molecular weight is 459 g/mol. The second kappa shape index (κ2) is 8.64. The van der Waals surface area contributed by atoms with Crippen molar-refractivity contribution >= 4 is 46.5 Å². The minimum absolute atomic E-state index is 0.0985. The van der Waals surface area contributed by atoms with Gasteiger partial charge >= 0.3 is 0 Å². The number of nitrogens with zero attached hydrogens (tertiary/aromatic N) is 2. The number of imide groups is 1. The van der Waals surface area contributed by atoms with Gasteiger partial charge in [-0.05, 0) is 41.5 Å². The molecule has 0 radical (unpaired) electrons. The van der Waals surface area contributed by atoms with E-state index in [0.29, 0.717) is 29.9 Å². The summed E-state index contributed by atoms with van der Waals surface area (Å²) in [5.74, 6) is -0.912. The fourth-order valence-electron chi connectivity index (χ4n) is 3.58. The molecule has 0 aromatic heterocycles. The second-order valence-corrected chi connectivity index (χ2v) is 8.58. The first-order chi connectivity index (χ1) is 14.9. The van der Waals surface area contributed by atoms with Crippen molar-refractivity contribution in [1.29, 1.82) is 0 Å². The van der Waals surface area contributed by atoms with Gasteiger partial charge < -0.3 is 14.7 Å². The van der Waals surface area contributed by atoms with Crippen LogP contribution in [0.4, 0.5) is 4.79 Å². The minimum Gasteiger partial charge on any atom is -0.504 e. The van der Waals surface area contributed by atoms with Crippen molar-refractivity contribution in [3.63, 3.8) is 0 Å². The summed E-state index contributed by atoms with van der Waals surface area (Å²) < 4.78 is 5.06. The number of ether oxygens (including phenoxy) is 1. The van der Waals surface area contributed by atoms with Gasteiger partial charge in [0.2, 0.25) is 5.91 Å². The molecule has 1 N–H and O–H groups in total. The Hall–Kier alpha value is -2.97. The lowest BCUT2D eigenvalue weighted by molar-refractivity contribution is -0.136. The van der Waals surface area contributed by atoms with Crippen LogP contribution in [0.1, 0.15) is 16.7 Å². The summed E-state index contributed by atoms with van der Waals surface area (Å²) in [6.07, 6.45) is 2.11. The number of fused-ring (bicyclic) bond motifs is 1. The number of phenolic OH excluding ortho intramolecular Hbond substituents is 1. The number of aromatic hydroxyl groups is 1. The summed E-state index contributed by atoms with van der Waals surface area (Å²) >= 11 is 6.75. The second-order valence-electron chi connectivity index (χ2n) is 7.15. The lowest BCUT2D eigenvalue weighted by atomic mass is 10.00. The van der Waals surface area contributed by atoms with E-state index in [2.05, 4.69) is 0 Å². The molecule has 0 atom stereocenters. The topological polar surface area (TPSA) is 87.2 Å². The lowest BCUT2D eigenvalue weighted by Crippen LogP contribution is -2.44. The maximum atomic E-state index is 12.8. The molecule has 2 aromatic carbocycles. The van der Waals surface area contributed by atoms with E-state index in [-0.39, 0.29) is 34.4 Å². The van der Waals surface area contributed by atoms with E-state index >= 15 is 0 Å². The number of amides is 3. The summed E-state index contributed by atoms with van der Waals surface area (Å²) in [6, 6.07) is 10.8. The molecule has 7 nitrogen and oxygen atoms in total. The van der Waals surface area contributed by atoms with Gasteiger partial charge in [-0.1, -0.05) is 35.9 Å². The predicted octanol–water partition coefficient (Wildman–Crippen LogP) is 3.68. The molecular formula is C22H19ClN2O5S. The molecule has 0 aliphatic carbocycles. The number of rotatable bonds is 4. The number of phenols is 1. The normalized spacial score (nSPS) is 17.3. The Labute approximate surface area is 188 Å². The molecule has 2 aliphatic rings. The van der Waals surface area contributed by atoms with Crippen LogP contribution in [0.2, 0.25) is 5.02 Å². The van der Waals surface area contributed by atoms with Crippen LogP contribution in [0.5, 0.6) is 11.5 Å². The van der Waals surface area contributed by atoms with E-state index in [9.17, 15) is 19.5 Å². The van der Waals surface area contributed by atoms with E-state index in [4.69, 9.17) is 16.3 Å². The molecule has 4 rings (SSSR count). The van der Waals surface area contributed by atoms with E-state index in [1.807, 2.05) is 24.3 Å². The monoisotopic (exact) mass is 458 g/mol. The van der Waals surface area contributed by atoms with Gasteiger partial charge in [0.05, 0.1) is 12.0 Å². The molecule has 2 heterocycles. The molecule has 1 fully saturated rings. The molecule has 0 unspecified atom stereocenters. The zero-order chi connectivity index (χ0) is 22.1. The van der Waals surface area contributed by atoms with Crippen LogP contribution in [0.15, 0.2) is 41.3 Å². The van der Waals surface area contributed by atoms with Crippen LogP contribution in [0.3, 0.4) is 0 Å². The molecule has 2 aromatic rings. The third-order valence-electron chi connectivity index (χ3n) is 5.23. The molecule has 0 spiro atoms.